The van der Waals surface area contributed by atoms with E-state index < -0.39 is 0 Å². The Morgan fingerprint density at radius 2 is 2.31 bits per heavy atom. The molecule has 0 spiro atoms. The molecule has 0 radical (unpaired) electrons. The highest BCUT2D eigenvalue weighted by Gasteiger charge is 2.25. The fraction of sp³-hybridized carbons (Fsp3) is 0.818. The normalized spacial score (nSPS) is 22.5. The molecule has 2 heterocycles. The first-order chi connectivity index (χ1) is 7.81. The van der Waals surface area contributed by atoms with Crippen molar-refractivity contribution in [2.45, 2.75) is 38.1 Å². The summed E-state index contributed by atoms with van der Waals surface area (Å²) >= 11 is 0. The van der Waals surface area contributed by atoms with E-state index in [2.05, 4.69) is 22.1 Å². The van der Waals surface area contributed by atoms with Gasteiger partial charge in [-0.1, -0.05) is 6.42 Å². The van der Waals surface area contributed by atoms with Gasteiger partial charge >= 0.3 is 0 Å². The number of aryl methyl sites for hydroxylation is 1. The number of rotatable bonds is 4. The van der Waals surface area contributed by atoms with Gasteiger partial charge in [-0.25, -0.2) is 0 Å². The van der Waals surface area contributed by atoms with Crippen molar-refractivity contribution in [1.82, 2.24) is 15.1 Å². The van der Waals surface area contributed by atoms with Crippen molar-refractivity contribution in [3.8, 4) is 0 Å². The summed E-state index contributed by atoms with van der Waals surface area (Å²) in [6.07, 6.45) is 5.33. The summed E-state index contributed by atoms with van der Waals surface area (Å²) in [4.78, 5) is 2.30. The van der Waals surface area contributed by atoms with Gasteiger partial charge in [0.1, 0.15) is 0 Å². The van der Waals surface area contributed by atoms with E-state index in [1.54, 1.807) is 0 Å². The first kappa shape index (κ1) is 11.5. The number of piperidine rings is 1. The van der Waals surface area contributed by atoms with Crippen LogP contribution in [0.4, 0.5) is 0 Å². The van der Waals surface area contributed by atoms with Crippen LogP contribution in [0.25, 0.3) is 0 Å². The average Bonchev–Trinajstić information content (AvgIpc) is 2.75. The average molecular weight is 224 g/mol. The van der Waals surface area contributed by atoms with Gasteiger partial charge in [0, 0.05) is 6.42 Å². The molecule has 0 unspecified atom stereocenters. The van der Waals surface area contributed by atoms with Crippen LogP contribution in [0.3, 0.4) is 0 Å². The predicted octanol–water partition coefficient (Wildman–Crippen LogP) is 1.12. The minimum absolute atomic E-state index is 0.313. The van der Waals surface area contributed by atoms with Gasteiger partial charge in [0.25, 0.3) is 0 Å². The molecule has 1 aromatic heterocycles. The summed E-state index contributed by atoms with van der Waals surface area (Å²) in [5, 5.41) is 8.21. The molecule has 1 atom stereocenters. The molecule has 5 nitrogen and oxygen atoms in total. The van der Waals surface area contributed by atoms with Crippen molar-refractivity contribution in [2.75, 3.05) is 20.1 Å². The van der Waals surface area contributed by atoms with Crippen molar-refractivity contribution in [1.29, 1.82) is 0 Å². The summed E-state index contributed by atoms with van der Waals surface area (Å²) in [7, 11) is 2.12. The molecule has 1 fully saturated rings. The largest absolute Gasteiger partial charge is 0.424 e. The van der Waals surface area contributed by atoms with Gasteiger partial charge in [-0.05, 0) is 39.4 Å². The molecule has 0 saturated carbocycles. The maximum atomic E-state index is 5.68. The highest BCUT2D eigenvalue weighted by molar-refractivity contribution is 4.92. The fourth-order valence-corrected chi connectivity index (χ4v) is 2.14. The molecule has 0 aliphatic carbocycles. The zero-order chi connectivity index (χ0) is 11.4. The van der Waals surface area contributed by atoms with Crippen molar-refractivity contribution < 1.29 is 4.42 Å². The third kappa shape index (κ3) is 2.59. The number of hydrogen-bond donors (Lipinski definition) is 1. The second kappa shape index (κ2) is 5.41. The van der Waals surface area contributed by atoms with Crippen LogP contribution < -0.4 is 5.73 Å². The molecule has 5 heteroatoms. The lowest BCUT2D eigenvalue weighted by Gasteiger charge is -2.29. The van der Waals surface area contributed by atoms with Gasteiger partial charge in [0.15, 0.2) is 0 Å². The monoisotopic (exact) mass is 224 g/mol. The molecule has 90 valence electrons. The number of likely N-dealkylation sites (tertiary alicyclic amines) is 1. The van der Waals surface area contributed by atoms with Crippen molar-refractivity contribution in [3.05, 3.63) is 11.8 Å². The Balaban J connectivity index is 1.99. The molecular weight excluding hydrogens is 204 g/mol. The van der Waals surface area contributed by atoms with E-state index in [1.807, 2.05) is 0 Å². The van der Waals surface area contributed by atoms with E-state index in [0.29, 0.717) is 12.6 Å². The summed E-state index contributed by atoms with van der Waals surface area (Å²) in [5.41, 5.74) is 5.45. The lowest BCUT2D eigenvalue weighted by atomic mass is 10.0. The van der Waals surface area contributed by atoms with Crippen molar-refractivity contribution in [3.63, 3.8) is 0 Å². The molecule has 0 amide bonds. The molecular formula is C11H20N4O. The Labute approximate surface area is 96.0 Å². The van der Waals surface area contributed by atoms with E-state index >= 15 is 0 Å². The van der Waals surface area contributed by atoms with Crippen LogP contribution in [0.2, 0.25) is 0 Å². The Kier molecular flexibility index (Phi) is 3.90. The summed E-state index contributed by atoms with van der Waals surface area (Å²) < 4.78 is 5.68. The smallest absolute Gasteiger partial charge is 0.233 e. The van der Waals surface area contributed by atoms with E-state index in [4.69, 9.17) is 10.2 Å². The molecule has 1 aromatic rings. The highest BCUT2D eigenvalue weighted by Crippen LogP contribution is 2.28. The Morgan fingerprint density at radius 1 is 1.44 bits per heavy atom. The number of hydrogen-bond acceptors (Lipinski definition) is 5. The lowest BCUT2D eigenvalue weighted by molar-refractivity contribution is 0.157. The summed E-state index contributed by atoms with van der Waals surface area (Å²) in [6.45, 7) is 1.78. The topological polar surface area (TPSA) is 68.2 Å². The number of nitrogens with zero attached hydrogens (tertiary/aromatic N) is 3. The standard InChI is InChI=1S/C11H20N4O/c1-15-8-3-2-5-9(15)11-14-13-10(16-11)6-4-7-12/h9H,2-8,12H2,1H3/t9-/m1/s1. The van der Waals surface area contributed by atoms with Gasteiger partial charge in [-0.15, -0.1) is 10.2 Å². The van der Waals surface area contributed by atoms with Gasteiger partial charge in [-0.2, -0.15) is 0 Å². The van der Waals surface area contributed by atoms with Crippen LogP contribution >= 0.6 is 0 Å². The molecule has 2 N–H and O–H groups in total. The van der Waals surface area contributed by atoms with E-state index in [0.717, 1.165) is 37.6 Å². The molecule has 1 saturated heterocycles. The second-order valence-corrected chi connectivity index (χ2v) is 4.42. The van der Waals surface area contributed by atoms with Gasteiger partial charge in [0.2, 0.25) is 11.8 Å². The molecule has 2 rings (SSSR count). The Morgan fingerprint density at radius 3 is 3.06 bits per heavy atom. The molecule has 16 heavy (non-hydrogen) atoms. The third-order valence-electron chi connectivity index (χ3n) is 3.13. The van der Waals surface area contributed by atoms with Crippen LogP contribution in [0, 0.1) is 0 Å². The van der Waals surface area contributed by atoms with Gasteiger partial charge in [-0.3, -0.25) is 4.90 Å². The van der Waals surface area contributed by atoms with Crippen LogP contribution in [-0.4, -0.2) is 35.2 Å². The maximum absolute atomic E-state index is 5.68. The zero-order valence-corrected chi connectivity index (χ0v) is 9.85. The molecule has 0 aromatic carbocycles. The first-order valence-corrected chi connectivity index (χ1v) is 6.04. The van der Waals surface area contributed by atoms with Crippen molar-refractivity contribution in [2.24, 2.45) is 5.73 Å². The molecule has 1 aliphatic heterocycles. The quantitative estimate of drug-likeness (QED) is 0.830. The maximum Gasteiger partial charge on any atom is 0.233 e. The highest BCUT2D eigenvalue weighted by atomic mass is 16.4. The zero-order valence-electron chi connectivity index (χ0n) is 9.85. The molecule has 0 bridgehead atoms. The van der Waals surface area contributed by atoms with E-state index in [9.17, 15) is 0 Å². The Hall–Kier alpha value is -0.940. The minimum Gasteiger partial charge on any atom is -0.424 e. The van der Waals surface area contributed by atoms with E-state index in [-0.39, 0.29) is 0 Å². The van der Waals surface area contributed by atoms with Crippen LogP contribution in [-0.2, 0) is 6.42 Å². The third-order valence-corrected chi connectivity index (χ3v) is 3.13. The SMILES string of the molecule is CN1CCCC[C@@H]1c1nnc(CCCN)o1. The van der Waals surface area contributed by atoms with Gasteiger partial charge in [0.05, 0.1) is 6.04 Å². The van der Waals surface area contributed by atoms with Crippen LogP contribution in [0.5, 0.6) is 0 Å². The summed E-state index contributed by atoms with van der Waals surface area (Å²) in [6, 6.07) is 0.313. The lowest BCUT2D eigenvalue weighted by Crippen LogP contribution is -2.29. The minimum atomic E-state index is 0.313. The first-order valence-electron chi connectivity index (χ1n) is 6.04. The molecule has 1 aliphatic rings. The number of aromatic nitrogens is 2. The van der Waals surface area contributed by atoms with E-state index in [1.165, 1.54) is 12.8 Å². The van der Waals surface area contributed by atoms with Crippen LogP contribution in [0.15, 0.2) is 4.42 Å². The fourth-order valence-electron chi connectivity index (χ4n) is 2.14. The predicted molar refractivity (Wildman–Crippen MR) is 60.9 cm³/mol. The second-order valence-electron chi connectivity index (χ2n) is 4.42. The number of nitrogens with two attached hydrogens (primary N) is 1. The van der Waals surface area contributed by atoms with Crippen molar-refractivity contribution >= 4 is 0 Å². The summed E-state index contributed by atoms with van der Waals surface area (Å²) in [5.74, 6) is 1.49. The van der Waals surface area contributed by atoms with Gasteiger partial charge < -0.3 is 10.2 Å². The van der Waals surface area contributed by atoms with Crippen LogP contribution in [0.1, 0.15) is 43.5 Å². The Bertz CT molecular complexity index is 326.